The van der Waals surface area contributed by atoms with Gasteiger partial charge in [0, 0.05) is 0 Å². The summed E-state index contributed by atoms with van der Waals surface area (Å²) in [4.78, 5) is 10.2. The topological polar surface area (TPSA) is 25.8 Å². The van der Waals surface area contributed by atoms with Crippen molar-refractivity contribution in [2.45, 2.75) is 40.0 Å². The van der Waals surface area contributed by atoms with Gasteiger partial charge in [-0.15, -0.1) is 0 Å². The van der Waals surface area contributed by atoms with Crippen LogP contribution in [0.15, 0.2) is 54.6 Å². The number of aryl methyl sites for hydroxylation is 2. The molecule has 0 spiro atoms. The Balaban J connectivity index is 1.62. The fourth-order valence-electron chi connectivity index (χ4n) is 4.04. The maximum atomic E-state index is 5.11. The second kappa shape index (κ2) is 7.32. The molecule has 4 heteroatoms. The minimum atomic E-state index is 0.0935. The van der Waals surface area contributed by atoms with Crippen LogP contribution in [-0.4, -0.2) is 39.0 Å². The molecule has 30 heavy (non-hydrogen) atoms. The van der Waals surface area contributed by atoms with E-state index in [1.165, 1.54) is 56.5 Å². The molecule has 0 aliphatic carbocycles. The van der Waals surface area contributed by atoms with Crippen molar-refractivity contribution in [3.63, 3.8) is 0 Å². The van der Waals surface area contributed by atoms with E-state index >= 15 is 0 Å². The molecule has 2 nitrogen and oxygen atoms in total. The molecule has 3 aromatic carbocycles. The summed E-state index contributed by atoms with van der Waals surface area (Å²) in [5.41, 5.74) is 6.64. The average Bonchev–Trinajstić information content (AvgIpc) is 3.25. The Kier molecular flexibility index (Phi) is 4.87. The van der Waals surface area contributed by atoms with Gasteiger partial charge in [0.1, 0.15) is 0 Å². The van der Waals surface area contributed by atoms with Crippen LogP contribution in [0, 0.1) is 13.8 Å². The first-order valence-corrected chi connectivity index (χ1v) is 13.6. The molecule has 0 N–H and O–H groups in total. The summed E-state index contributed by atoms with van der Waals surface area (Å²) in [5, 5.41) is 2.65. The quantitative estimate of drug-likeness (QED) is 0.260. The first-order valence-electron chi connectivity index (χ1n) is 10.2. The Hall–Kier alpha value is -1.96. The maximum absolute atomic E-state index is 5.11. The van der Waals surface area contributed by atoms with Crippen LogP contribution in [0.4, 0.5) is 0 Å². The minimum absolute atomic E-state index is 0.0935. The molecule has 0 unspecified atom stereocenters. The van der Waals surface area contributed by atoms with Crippen LogP contribution in [0.25, 0.3) is 39.8 Å². The van der Waals surface area contributed by atoms with Gasteiger partial charge in [-0.05, 0) is 0 Å². The van der Waals surface area contributed by atoms with Crippen LogP contribution in [-0.2, 0) is 5.41 Å². The summed E-state index contributed by atoms with van der Waals surface area (Å²) in [6, 6.07) is 20.1. The number of hydrogen-bond acceptors (Lipinski definition) is 2. The molecular formula is C26H24N2Se2. The monoisotopic (exact) mass is 524 g/mol. The van der Waals surface area contributed by atoms with E-state index in [2.05, 4.69) is 89.2 Å². The Morgan fingerprint density at radius 2 is 1.27 bits per heavy atom. The Labute approximate surface area is 189 Å². The van der Waals surface area contributed by atoms with Crippen molar-refractivity contribution in [3.05, 3.63) is 71.3 Å². The predicted octanol–water partition coefficient (Wildman–Crippen LogP) is 6.15. The van der Waals surface area contributed by atoms with Crippen molar-refractivity contribution >= 4 is 48.6 Å². The predicted molar refractivity (Wildman–Crippen MR) is 130 cm³/mol. The van der Waals surface area contributed by atoms with E-state index in [4.69, 9.17) is 9.97 Å². The summed E-state index contributed by atoms with van der Waals surface area (Å²) in [6.07, 6.45) is 0. The molecule has 0 saturated carbocycles. The second-order valence-electron chi connectivity index (χ2n) is 9.02. The van der Waals surface area contributed by atoms with Crippen molar-refractivity contribution < 1.29 is 0 Å². The van der Waals surface area contributed by atoms with Crippen LogP contribution < -0.4 is 0 Å². The van der Waals surface area contributed by atoms with Gasteiger partial charge in [-0.2, -0.15) is 0 Å². The SMILES string of the molecule is Cc1cc(C)cc(-c2nc3[se]c(-c4cc(C(C)(C)C)c5ccccc5c4)nc3[se]2)c1. The van der Waals surface area contributed by atoms with Gasteiger partial charge >= 0.3 is 190 Å². The number of fused-ring (bicyclic) bond motifs is 2. The van der Waals surface area contributed by atoms with Crippen LogP contribution in [0.1, 0.15) is 37.5 Å². The Bertz CT molecular complexity index is 1350. The van der Waals surface area contributed by atoms with E-state index in [0.717, 1.165) is 0 Å². The van der Waals surface area contributed by atoms with Crippen molar-refractivity contribution in [1.82, 2.24) is 9.97 Å². The molecule has 2 aromatic heterocycles. The molecule has 0 fully saturated rings. The van der Waals surface area contributed by atoms with Gasteiger partial charge < -0.3 is 0 Å². The fourth-order valence-corrected chi connectivity index (χ4v) is 9.00. The molecule has 5 aromatic rings. The zero-order valence-corrected chi connectivity index (χ0v) is 21.3. The van der Waals surface area contributed by atoms with E-state index in [0.29, 0.717) is 0 Å². The number of aromatic nitrogens is 2. The van der Waals surface area contributed by atoms with Gasteiger partial charge in [-0.3, -0.25) is 0 Å². The van der Waals surface area contributed by atoms with Crippen LogP contribution >= 0.6 is 0 Å². The molecule has 0 bridgehead atoms. The van der Waals surface area contributed by atoms with Gasteiger partial charge in [0.05, 0.1) is 0 Å². The summed E-state index contributed by atoms with van der Waals surface area (Å²) >= 11 is 0.373. The average molecular weight is 522 g/mol. The number of benzene rings is 3. The van der Waals surface area contributed by atoms with Gasteiger partial charge in [-0.25, -0.2) is 0 Å². The zero-order chi connectivity index (χ0) is 21.0. The van der Waals surface area contributed by atoms with E-state index in [1.807, 2.05) is 0 Å². The molecule has 150 valence electrons. The van der Waals surface area contributed by atoms with E-state index in [-0.39, 0.29) is 34.4 Å². The number of rotatable bonds is 2. The first-order chi connectivity index (χ1) is 14.3. The summed E-state index contributed by atoms with van der Waals surface area (Å²) in [7, 11) is 0. The molecule has 0 saturated heterocycles. The van der Waals surface area contributed by atoms with Gasteiger partial charge in [-0.1, -0.05) is 0 Å². The first kappa shape index (κ1) is 20.0. The molecule has 0 aliphatic heterocycles. The molecule has 0 radical (unpaired) electrons. The summed E-state index contributed by atoms with van der Waals surface area (Å²) in [5.74, 6) is 0. The molecule has 0 aliphatic rings. The Morgan fingerprint density at radius 3 is 1.87 bits per heavy atom. The third-order valence-electron chi connectivity index (χ3n) is 5.36. The molecule has 0 atom stereocenters. The third kappa shape index (κ3) is 3.63. The van der Waals surface area contributed by atoms with Crippen molar-refractivity contribution in [2.75, 3.05) is 0 Å². The second-order valence-corrected chi connectivity index (χ2v) is 13.1. The molecule has 0 amide bonds. The zero-order valence-electron chi connectivity index (χ0n) is 17.9. The van der Waals surface area contributed by atoms with Crippen molar-refractivity contribution in [3.8, 4) is 20.3 Å². The van der Waals surface area contributed by atoms with Crippen LogP contribution in [0.5, 0.6) is 0 Å². The van der Waals surface area contributed by atoms with Crippen molar-refractivity contribution in [2.24, 2.45) is 0 Å². The summed E-state index contributed by atoms with van der Waals surface area (Å²) < 4.78 is 4.93. The standard InChI is InChI=1S/C26H24N2Se2/c1-15-10-16(2)12-18(11-15)22-27-24-25(29-22)28-23(30-24)19-13-17-8-6-7-9-20(17)21(14-19)26(3,4)5/h6-14H,1-5H3. The van der Waals surface area contributed by atoms with Crippen molar-refractivity contribution in [1.29, 1.82) is 0 Å². The Morgan fingerprint density at radius 1 is 0.700 bits per heavy atom. The van der Waals surface area contributed by atoms with Crippen LogP contribution in [0.3, 0.4) is 0 Å². The van der Waals surface area contributed by atoms with Gasteiger partial charge in [0.15, 0.2) is 0 Å². The fraction of sp³-hybridized carbons (Fsp3) is 0.231. The molecular weight excluding hydrogens is 498 g/mol. The summed E-state index contributed by atoms with van der Waals surface area (Å²) in [6.45, 7) is 11.2. The normalized spacial score (nSPS) is 12.2. The van der Waals surface area contributed by atoms with E-state index in [9.17, 15) is 0 Å². The van der Waals surface area contributed by atoms with Gasteiger partial charge in [0.25, 0.3) is 0 Å². The number of hydrogen-bond donors (Lipinski definition) is 0. The van der Waals surface area contributed by atoms with Crippen LogP contribution in [0.2, 0.25) is 0 Å². The van der Waals surface area contributed by atoms with E-state index in [1.54, 1.807) is 0 Å². The molecule has 5 rings (SSSR count). The molecule has 2 heterocycles. The number of nitrogens with zero attached hydrogens (tertiary/aromatic N) is 2. The van der Waals surface area contributed by atoms with Gasteiger partial charge in [0.2, 0.25) is 0 Å². The third-order valence-corrected chi connectivity index (χ3v) is 10.2. The van der Waals surface area contributed by atoms with E-state index < -0.39 is 0 Å².